The van der Waals surface area contributed by atoms with Crippen molar-refractivity contribution in [3.63, 3.8) is 0 Å². The molecule has 1 N–H and O–H groups in total. The molecule has 0 saturated carbocycles. The predicted octanol–water partition coefficient (Wildman–Crippen LogP) is 4.39. The molecule has 0 spiro atoms. The first-order valence-electron chi connectivity index (χ1n) is 8.94. The smallest absolute Gasteiger partial charge is 0.197 e. The number of rotatable bonds is 6. The highest BCUT2D eigenvalue weighted by molar-refractivity contribution is 6.20. The fourth-order valence-corrected chi connectivity index (χ4v) is 3.37. The molecule has 2 heterocycles. The van der Waals surface area contributed by atoms with Crippen LogP contribution in [0.3, 0.4) is 0 Å². The molecule has 0 amide bonds. The standard InChI is InChI=1S/C22H20N2O5/c1-12-17(27-3)7-13(8-18(12)28-4)21(25)20-16-6-5-15(26-2)9-19(16)29-22(20)14-10-23-24-11-14/h5-11H,1-4H3,(H,23,24). The largest absolute Gasteiger partial charge is 0.497 e. The van der Waals surface area contributed by atoms with E-state index in [0.717, 1.165) is 5.56 Å². The third-order valence-electron chi connectivity index (χ3n) is 4.90. The molecule has 0 saturated heterocycles. The normalized spacial score (nSPS) is 10.9. The second kappa shape index (κ2) is 7.35. The Balaban J connectivity index is 1.95. The summed E-state index contributed by atoms with van der Waals surface area (Å²) in [4.78, 5) is 13.6. The van der Waals surface area contributed by atoms with Gasteiger partial charge in [-0.15, -0.1) is 0 Å². The molecule has 0 atom stereocenters. The molecular weight excluding hydrogens is 372 g/mol. The number of fused-ring (bicyclic) bond motifs is 1. The van der Waals surface area contributed by atoms with Crippen LogP contribution in [0.5, 0.6) is 17.2 Å². The minimum absolute atomic E-state index is 0.207. The molecule has 0 radical (unpaired) electrons. The maximum atomic E-state index is 13.6. The lowest BCUT2D eigenvalue weighted by Gasteiger charge is -2.12. The third kappa shape index (κ3) is 3.10. The van der Waals surface area contributed by atoms with Crippen LogP contribution in [-0.4, -0.2) is 37.3 Å². The lowest BCUT2D eigenvalue weighted by molar-refractivity contribution is 0.103. The second-order valence-corrected chi connectivity index (χ2v) is 6.49. The van der Waals surface area contributed by atoms with Crippen molar-refractivity contribution < 1.29 is 23.4 Å². The molecule has 0 bridgehead atoms. The number of nitrogens with one attached hydrogen (secondary N) is 1. The van der Waals surface area contributed by atoms with Crippen LogP contribution >= 0.6 is 0 Å². The van der Waals surface area contributed by atoms with Crippen LogP contribution in [0.4, 0.5) is 0 Å². The molecule has 148 valence electrons. The Morgan fingerprint density at radius 1 is 1.03 bits per heavy atom. The lowest BCUT2D eigenvalue weighted by atomic mass is 9.97. The molecule has 0 aliphatic heterocycles. The molecule has 2 aromatic heterocycles. The summed E-state index contributed by atoms with van der Waals surface area (Å²) in [5.41, 5.74) is 2.93. The number of furan rings is 1. The van der Waals surface area contributed by atoms with Crippen LogP contribution in [0.2, 0.25) is 0 Å². The van der Waals surface area contributed by atoms with E-state index in [0.29, 0.717) is 50.7 Å². The number of ketones is 1. The Labute approximate surface area is 167 Å². The van der Waals surface area contributed by atoms with E-state index in [4.69, 9.17) is 18.6 Å². The Morgan fingerprint density at radius 2 is 1.76 bits per heavy atom. The molecule has 0 unspecified atom stereocenters. The van der Waals surface area contributed by atoms with Crippen molar-refractivity contribution in [3.05, 3.63) is 59.4 Å². The van der Waals surface area contributed by atoms with Crippen molar-refractivity contribution in [2.45, 2.75) is 6.92 Å². The van der Waals surface area contributed by atoms with Gasteiger partial charge in [-0.05, 0) is 31.2 Å². The molecule has 7 nitrogen and oxygen atoms in total. The molecule has 0 aliphatic carbocycles. The van der Waals surface area contributed by atoms with Gasteiger partial charge in [0.25, 0.3) is 0 Å². The van der Waals surface area contributed by atoms with E-state index in [1.807, 2.05) is 13.0 Å². The van der Waals surface area contributed by atoms with Gasteiger partial charge in [0, 0.05) is 28.8 Å². The zero-order chi connectivity index (χ0) is 20.5. The van der Waals surface area contributed by atoms with Crippen molar-refractivity contribution in [1.82, 2.24) is 10.2 Å². The fraction of sp³-hybridized carbons (Fsp3) is 0.182. The van der Waals surface area contributed by atoms with Crippen molar-refractivity contribution in [2.24, 2.45) is 0 Å². The van der Waals surface area contributed by atoms with Crippen LogP contribution in [0, 0.1) is 6.92 Å². The van der Waals surface area contributed by atoms with Gasteiger partial charge in [-0.3, -0.25) is 9.89 Å². The second-order valence-electron chi connectivity index (χ2n) is 6.49. The summed E-state index contributed by atoms with van der Waals surface area (Å²) in [7, 11) is 4.71. The summed E-state index contributed by atoms with van der Waals surface area (Å²) < 4.78 is 22.2. The number of carbonyl (C=O) groups is 1. The van der Waals surface area contributed by atoms with Crippen LogP contribution in [0.25, 0.3) is 22.3 Å². The van der Waals surface area contributed by atoms with Crippen molar-refractivity contribution in [1.29, 1.82) is 0 Å². The first-order chi connectivity index (χ1) is 14.1. The van der Waals surface area contributed by atoms with Crippen molar-refractivity contribution in [2.75, 3.05) is 21.3 Å². The molecule has 0 aliphatic rings. The van der Waals surface area contributed by atoms with Gasteiger partial charge in [0.05, 0.1) is 38.7 Å². The highest BCUT2D eigenvalue weighted by atomic mass is 16.5. The number of aromatic nitrogens is 2. The highest BCUT2D eigenvalue weighted by Crippen LogP contribution is 2.38. The molecule has 29 heavy (non-hydrogen) atoms. The Morgan fingerprint density at radius 3 is 2.34 bits per heavy atom. The maximum absolute atomic E-state index is 13.6. The molecule has 2 aromatic carbocycles. The molecule has 0 fully saturated rings. The monoisotopic (exact) mass is 392 g/mol. The topological polar surface area (TPSA) is 86.6 Å². The Bertz CT molecular complexity index is 1170. The lowest BCUT2D eigenvalue weighted by Crippen LogP contribution is -2.04. The van der Waals surface area contributed by atoms with E-state index >= 15 is 0 Å². The zero-order valence-electron chi connectivity index (χ0n) is 16.5. The first-order valence-corrected chi connectivity index (χ1v) is 8.94. The minimum Gasteiger partial charge on any atom is -0.497 e. The number of carbonyl (C=O) groups excluding carboxylic acids is 1. The average Bonchev–Trinajstić information content (AvgIpc) is 3.40. The summed E-state index contributed by atoms with van der Waals surface area (Å²) in [5, 5.41) is 7.43. The van der Waals surface area contributed by atoms with Gasteiger partial charge in [0.1, 0.15) is 28.6 Å². The summed E-state index contributed by atoms with van der Waals surface area (Å²) in [6.07, 6.45) is 3.30. The van der Waals surface area contributed by atoms with Crippen molar-refractivity contribution >= 4 is 16.8 Å². The summed E-state index contributed by atoms with van der Waals surface area (Å²) in [5.74, 6) is 2.02. The zero-order valence-corrected chi connectivity index (χ0v) is 16.5. The molecule has 4 aromatic rings. The molecule has 7 heteroatoms. The fourth-order valence-electron chi connectivity index (χ4n) is 3.37. The third-order valence-corrected chi connectivity index (χ3v) is 4.90. The number of H-pyrrole nitrogens is 1. The van der Waals surface area contributed by atoms with E-state index in [1.54, 1.807) is 58.0 Å². The van der Waals surface area contributed by atoms with E-state index in [2.05, 4.69) is 10.2 Å². The number of methoxy groups -OCH3 is 3. The number of ether oxygens (including phenoxy) is 3. The quantitative estimate of drug-likeness (QED) is 0.490. The number of hydrogen-bond acceptors (Lipinski definition) is 6. The maximum Gasteiger partial charge on any atom is 0.197 e. The van der Waals surface area contributed by atoms with E-state index in [-0.39, 0.29) is 5.78 Å². The Kier molecular flexibility index (Phi) is 4.72. The van der Waals surface area contributed by atoms with Crippen LogP contribution in [0.15, 0.2) is 47.1 Å². The number of aromatic amines is 1. The molecule has 4 rings (SSSR count). The summed E-state index contributed by atoms with van der Waals surface area (Å²) >= 11 is 0. The minimum atomic E-state index is -0.207. The van der Waals surface area contributed by atoms with E-state index in [1.165, 1.54) is 0 Å². The van der Waals surface area contributed by atoms with Gasteiger partial charge in [-0.25, -0.2) is 0 Å². The molecular formula is C22H20N2O5. The number of nitrogens with zero attached hydrogens (tertiary/aromatic N) is 1. The van der Waals surface area contributed by atoms with E-state index < -0.39 is 0 Å². The first kappa shape index (κ1) is 18.6. The average molecular weight is 392 g/mol. The summed E-state index contributed by atoms with van der Waals surface area (Å²) in [6, 6.07) is 8.79. The van der Waals surface area contributed by atoms with Crippen LogP contribution in [-0.2, 0) is 0 Å². The van der Waals surface area contributed by atoms with Gasteiger partial charge in [-0.2, -0.15) is 5.10 Å². The predicted molar refractivity (Wildman–Crippen MR) is 108 cm³/mol. The summed E-state index contributed by atoms with van der Waals surface area (Å²) in [6.45, 7) is 1.88. The van der Waals surface area contributed by atoms with Gasteiger partial charge in [0.2, 0.25) is 0 Å². The van der Waals surface area contributed by atoms with Gasteiger partial charge in [0.15, 0.2) is 5.78 Å². The van der Waals surface area contributed by atoms with Gasteiger partial charge in [-0.1, -0.05) is 0 Å². The van der Waals surface area contributed by atoms with Gasteiger partial charge < -0.3 is 18.6 Å². The van der Waals surface area contributed by atoms with Crippen LogP contribution in [0.1, 0.15) is 21.5 Å². The Hall–Kier alpha value is -3.74. The SMILES string of the molecule is COc1ccc2c(C(=O)c3cc(OC)c(C)c(OC)c3)c(-c3cn[nH]c3)oc2c1. The number of hydrogen-bond donors (Lipinski definition) is 1. The van der Waals surface area contributed by atoms with Gasteiger partial charge >= 0.3 is 0 Å². The number of benzene rings is 2. The highest BCUT2D eigenvalue weighted by Gasteiger charge is 2.25. The van der Waals surface area contributed by atoms with E-state index in [9.17, 15) is 4.79 Å². The van der Waals surface area contributed by atoms with Crippen molar-refractivity contribution in [3.8, 4) is 28.6 Å². The van der Waals surface area contributed by atoms with Crippen LogP contribution < -0.4 is 14.2 Å².